The molecule has 2 N–H and O–H groups in total. The first-order valence-electron chi connectivity index (χ1n) is 5.78. The SMILES string of the molecule is CCCCCCSc1ccc(CN)cc1. The number of rotatable bonds is 7. The van der Waals surface area contributed by atoms with E-state index < -0.39 is 0 Å². The third kappa shape index (κ3) is 5.24. The molecule has 0 saturated carbocycles. The molecule has 0 heterocycles. The van der Waals surface area contributed by atoms with Crippen molar-refractivity contribution >= 4 is 11.8 Å². The van der Waals surface area contributed by atoms with Crippen LogP contribution in [0.2, 0.25) is 0 Å². The summed E-state index contributed by atoms with van der Waals surface area (Å²) in [5.74, 6) is 1.24. The van der Waals surface area contributed by atoms with E-state index >= 15 is 0 Å². The van der Waals surface area contributed by atoms with Gasteiger partial charge in [-0.2, -0.15) is 0 Å². The lowest BCUT2D eigenvalue weighted by Crippen LogP contribution is -1.95. The first kappa shape index (κ1) is 12.6. The minimum atomic E-state index is 0.640. The lowest BCUT2D eigenvalue weighted by molar-refractivity contribution is 0.706. The van der Waals surface area contributed by atoms with E-state index in [1.807, 2.05) is 11.8 Å². The van der Waals surface area contributed by atoms with Crippen LogP contribution in [0, 0.1) is 0 Å². The Morgan fingerprint density at radius 2 is 1.80 bits per heavy atom. The summed E-state index contributed by atoms with van der Waals surface area (Å²) in [6, 6.07) is 8.59. The number of hydrogen-bond donors (Lipinski definition) is 1. The highest BCUT2D eigenvalue weighted by Gasteiger charge is 1.94. The molecule has 0 aliphatic carbocycles. The van der Waals surface area contributed by atoms with Crippen LogP contribution in [0.5, 0.6) is 0 Å². The van der Waals surface area contributed by atoms with Crippen molar-refractivity contribution in [3.63, 3.8) is 0 Å². The first-order chi connectivity index (χ1) is 7.36. The van der Waals surface area contributed by atoms with Gasteiger partial charge in [-0.3, -0.25) is 0 Å². The topological polar surface area (TPSA) is 26.0 Å². The van der Waals surface area contributed by atoms with Gasteiger partial charge in [-0.1, -0.05) is 38.3 Å². The molecule has 0 unspecified atom stereocenters. The average molecular weight is 223 g/mol. The highest BCUT2D eigenvalue weighted by atomic mass is 32.2. The smallest absolute Gasteiger partial charge is 0.0178 e. The molecule has 0 aliphatic rings. The standard InChI is InChI=1S/C13H21NS/c1-2-3-4-5-10-15-13-8-6-12(11-14)7-9-13/h6-9H,2-5,10-11,14H2,1H3. The third-order valence-electron chi connectivity index (χ3n) is 2.43. The number of nitrogens with two attached hydrogens (primary N) is 1. The monoisotopic (exact) mass is 223 g/mol. The summed E-state index contributed by atoms with van der Waals surface area (Å²) in [5, 5.41) is 0. The second-order valence-electron chi connectivity index (χ2n) is 3.76. The largest absolute Gasteiger partial charge is 0.326 e. The Morgan fingerprint density at radius 1 is 1.07 bits per heavy atom. The first-order valence-corrected chi connectivity index (χ1v) is 6.77. The summed E-state index contributed by atoms with van der Waals surface area (Å²) in [6.07, 6.45) is 5.38. The molecule has 0 aliphatic heterocycles. The van der Waals surface area contributed by atoms with E-state index in [0.29, 0.717) is 6.54 Å². The van der Waals surface area contributed by atoms with Crippen LogP contribution in [-0.2, 0) is 6.54 Å². The van der Waals surface area contributed by atoms with Gasteiger partial charge >= 0.3 is 0 Å². The van der Waals surface area contributed by atoms with Crippen LogP contribution in [0.15, 0.2) is 29.2 Å². The van der Waals surface area contributed by atoms with E-state index in [4.69, 9.17) is 5.73 Å². The molecule has 1 rings (SSSR count). The Kier molecular flexibility index (Phi) is 6.53. The Labute approximate surface area is 97.4 Å². The van der Waals surface area contributed by atoms with Gasteiger partial charge in [-0.25, -0.2) is 0 Å². The Bertz CT molecular complexity index is 256. The van der Waals surface area contributed by atoms with Gasteiger partial charge in [0, 0.05) is 11.4 Å². The predicted octanol–water partition coefficient (Wildman–Crippen LogP) is 3.82. The summed E-state index contributed by atoms with van der Waals surface area (Å²) < 4.78 is 0. The zero-order valence-electron chi connectivity index (χ0n) is 9.54. The Morgan fingerprint density at radius 3 is 2.40 bits per heavy atom. The van der Waals surface area contributed by atoms with Gasteiger partial charge in [0.25, 0.3) is 0 Å². The lowest BCUT2D eigenvalue weighted by atomic mass is 10.2. The molecule has 0 bridgehead atoms. The molecule has 0 aromatic heterocycles. The van der Waals surface area contributed by atoms with Gasteiger partial charge in [-0.15, -0.1) is 11.8 Å². The molecule has 0 saturated heterocycles. The van der Waals surface area contributed by atoms with E-state index in [1.54, 1.807) is 0 Å². The number of hydrogen-bond acceptors (Lipinski definition) is 2. The fourth-order valence-corrected chi connectivity index (χ4v) is 2.35. The van der Waals surface area contributed by atoms with Crippen molar-refractivity contribution in [3.8, 4) is 0 Å². The second kappa shape index (κ2) is 7.77. The maximum atomic E-state index is 5.55. The van der Waals surface area contributed by atoms with E-state index in [2.05, 4.69) is 31.2 Å². The normalized spacial score (nSPS) is 10.5. The zero-order chi connectivity index (χ0) is 10.9. The lowest BCUT2D eigenvalue weighted by Gasteiger charge is -2.02. The highest BCUT2D eigenvalue weighted by Crippen LogP contribution is 2.20. The van der Waals surface area contributed by atoms with Gasteiger partial charge in [-0.05, 0) is 29.9 Å². The van der Waals surface area contributed by atoms with Crippen molar-refractivity contribution in [3.05, 3.63) is 29.8 Å². The number of benzene rings is 1. The molecular formula is C13H21NS. The molecule has 0 spiro atoms. The summed E-state index contributed by atoms with van der Waals surface area (Å²) in [6.45, 7) is 2.89. The van der Waals surface area contributed by atoms with Gasteiger partial charge in [0.05, 0.1) is 0 Å². The fraction of sp³-hybridized carbons (Fsp3) is 0.538. The molecule has 0 atom stereocenters. The molecule has 0 amide bonds. The van der Waals surface area contributed by atoms with Crippen molar-refractivity contribution in [2.45, 2.75) is 44.0 Å². The molecular weight excluding hydrogens is 202 g/mol. The average Bonchev–Trinajstić information content (AvgIpc) is 2.30. The molecule has 1 aromatic carbocycles. The Hall–Kier alpha value is -0.470. The van der Waals surface area contributed by atoms with Gasteiger partial charge < -0.3 is 5.73 Å². The van der Waals surface area contributed by atoms with E-state index in [9.17, 15) is 0 Å². The van der Waals surface area contributed by atoms with Crippen LogP contribution in [-0.4, -0.2) is 5.75 Å². The van der Waals surface area contributed by atoms with Gasteiger partial charge in [0.15, 0.2) is 0 Å². The van der Waals surface area contributed by atoms with Crippen LogP contribution in [0.3, 0.4) is 0 Å². The zero-order valence-corrected chi connectivity index (χ0v) is 10.4. The molecule has 1 nitrogen and oxygen atoms in total. The van der Waals surface area contributed by atoms with Crippen molar-refractivity contribution in [1.29, 1.82) is 0 Å². The fourth-order valence-electron chi connectivity index (χ4n) is 1.44. The molecule has 2 heteroatoms. The molecule has 84 valence electrons. The van der Waals surface area contributed by atoms with Crippen LogP contribution in [0.25, 0.3) is 0 Å². The quantitative estimate of drug-likeness (QED) is 0.562. The second-order valence-corrected chi connectivity index (χ2v) is 4.93. The van der Waals surface area contributed by atoms with Crippen LogP contribution in [0.1, 0.15) is 38.2 Å². The van der Waals surface area contributed by atoms with E-state index in [-0.39, 0.29) is 0 Å². The molecule has 0 fully saturated rings. The van der Waals surface area contributed by atoms with Gasteiger partial charge in [0.2, 0.25) is 0 Å². The van der Waals surface area contributed by atoms with Crippen LogP contribution >= 0.6 is 11.8 Å². The van der Waals surface area contributed by atoms with Crippen molar-refractivity contribution in [2.24, 2.45) is 5.73 Å². The minimum absolute atomic E-state index is 0.640. The van der Waals surface area contributed by atoms with Crippen LogP contribution in [0.4, 0.5) is 0 Å². The molecule has 1 aromatic rings. The number of thioether (sulfide) groups is 1. The van der Waals surface area contributed by atoms with Crippen LogP contribution < -0.4 is 5.73 Å². The van der Waals surface area contributed by atoms with E-state index in [0.717, 1.165) is 0 Å². The summed E-state index contributed by atoms with van der Waals surface area (Å²) in [4.78, 5) is 1.36. The highest BCUT2D eigenvalue weighted by molar-refractivity contribution is 7.99. The predicted molar refractivity (Wildman–Crippen MR) is 69.2 cm³/mol. The molecule has 0 radical (unpaired) electrons. The summed E-state index contributed by atoms with van der Waals surface area (Å²) in [7, 11) is 0. The van der Waals surface area contributed by atoms with E-state index in [1.165, 1.54) is 41.9 Å². The van der Waals surface area contributed by atoms with Crippen molar-refractivity contribution in [2.75, 3.05) is 5.75 Å². The summed E-state index contributed by atoms with van der Waals surface area (Å²) in [5.41, 5.74) is 6.76. The third-order valence-corrected chi connectivity index (χ3v) is 3.52. The number of unbranched alkanes of at least 4 members (excludes halogenated alkanes) is 3. The van der Waals surface area contributed by atoms with Gasteiger partial charge in [0.1, 0.15) is 0 Å². The maximum Gasteiger partial charge on any atom is 0.0178 e. The molecule has 15 heavy (non-hydrogen) atoms. The Balaban J connectivity index is 2.20. The van der Waals surface area contributed by atoms with Crippen molar-refractivity contribution < 1.29 is 0 Å². The maximum absolute atomic E-state index is 5.55. The minimum Gasteiger partial charge on any atom is -0.326 e. The van der Waals surface area contributed by atoms with Crippen molar-refractivity contribution in [1.82, 2.24) is 0 Å². The summed E-state index contributed by atoms with van der Waals surface area (Å²) >= 11 is 1.95.